The minimum Gasteiger partial charge on any atom is -0.462 e. The molecular formula is C23H31FN3O9P. The molecule has 12 nitrogen and oxygen atoms in total. The Hall–Kier alpha value is -2.80. The summed E-state index contributed by atoms with van der Waals surface area (Å²) in [5.41, 5.74) is -2.24. The van der Waals surface area contributed by atoms with Gasteiger partial charge in [-0.3, -0.25) is 14.1 Å². The van der Waals surface area contributed by atoms with Crippen molar-refractivity contribution in [3.05, 3.63) is 55.0 Å². The predicted octanol–water partition coefficient (Wildman–Crippen LogP) is 1.67. The van der Waals surface area contributed by atoms with Gasteiger partial charge in [-0.25, -0.2) is 8.96 Å². The van der Waals surface area contributed by atoms with E-state index in [1.165, 1.54) is 25.3 Å². The lowest BCUT2D eigenvalue weighted by Gasteiger charge is -2.36. The SMILES string of the molecule is C=C1NC(=O)C=CN1[C@@H]1O[C@](F)(COP(=O)(NC(C)C(=O)OC(C)C)Oc2ccccc2)[C@@H](O)[C@@]1(C)O. The van der Waals surface area contributed by atoms with E-state index in [1.54, 1.807) is 32.0 Å². The number of aliphatic hydroxyl groups is 2. The summed E-state index contributed by atoms with van der Waals surface area (Å²) in [5, 5.41) is 26.3. The molecule has 204 valence electrons. The highest BCUT2D eigenvalue weighted by atomic mass is 31.2. The van der Waals surface area contributed by atoms with Crippen LogP contribution in [0, 0.1) is 0 Å². The van der Waals surface area contributed by atoms with Crippen LogP contribution in [0.2, 0.25) is 0 Å². The summed E-state index contributed by atoms with van der Waals surface area (Å²) in [7, 11) is -4.50. The van der Waals surface area contributed by atoms with Gasteiger partial charge in [0.05, 0.1) is 6.10 Å². The van der Waals surface area contributed by atoms with Gasteiger partial charge in [0.2, 0.25) is 0 Å². The van der Waals surface area contributed by atoms with Gasteiger partial charge in [0.15, 0.2) is 6.23 Å². The van der Waals surface area contributed by atoms with E-state index in [0.717, 1.165) is 17.9 Å². The number of nitrogens with one attached hydrogen (secondary N) is 2. The number of aliphatic hydroxyl groups excluding tert-OH is 1. The molecule has 3 rings (SSSR count). The van der Waals surface area contributed by atoms with Crippen molar-refractivity contribution >= 4 is 19.6 Å². The van der Waals surface area contributed by atoms with Crippen LogP contribution in [0.3, 0.4) is 0 Å². The van der Waals surface area contributed by atoms with Gasteiger partial charge in [-0.1, -0.05) is 24.8 Å². The van der Waals surface area contributed by atoms with Gasteiger partial charge in [0, 0.05) is 12.3 Å². The van der Waals surface area contributed by atoms with Crippen LogP contribution in [0.1, 0.15) is 27.7 Å². The summed E-state index contributed by atoms with van der Waals surface area (Å²) in [6.45, 7) is 8.18. The number of para-hydroxylation sites is 1. The normalized spacial score (nSPS) is 30.1. The Kier molecular flexibility index (Phi) is 8.47. The third-order valence-corrected chi connectivity index (χ3v) is 7.07. The highest BCUT2D eigenvalue weighted by Crippen LogP contribution is 2.49. The van der Waals surface area contributed by atoms with Crippen LogP contribution in [-0.2, 0) is 28.2 Å². The molecule has 2 aliphatic heterocycles. The molecule has 6 atom stereocenters. The number of hydrogen-bond acceptors (Lipinski definition) is 10. The van der Waals surface area contributed by atoms with Crippen LogP contribution < -0.4 is 14.9 Å². The number of nitrogens with zero attached hydrogens (tertiary/aromatic N) is 1. The summed E-state index contributed by atoms with van der Waals surface area (Å²) in [5.74, 6) is -4.30. The largest absolute Gasteiger partial charge is 0.462 e. The number of benzene rings is 1. The Morgan fingerprint density at radius 1 is 1.35 bits per heavy atom. The summed E-state index contributed by atoms with van der Waals surface area (Å²) in [4.78, 5) is 24.9. The third kappa shape index (κ3) is 6.56. The van der Waals surface area contributed by atoms with Crippen molar-refractivity contribution in [2.75, 3.05) is 6.61 Å². The van der Waals surface area contributed by atoms with Gasteiger partial charge in [-0.05, 0) is 39.8 Å². The molecule has 4 N–H and O–H groups in total. The van der Waals surface area contributed by atoms with Gasteiger partial charge in [0.1, 0.15) is 35.9 Å². The van der Waals surface area contributed by atoms with E-state index >= 15 is 4.39 Å². The van der Waals surface area contributed by atoms with Crippen molar-refractivity contribution in [2.24, 2.45) is 0 Å². The van der Waals surface area contributed by atoms with E-state index in [0.29, 0.717) is 0 Å². The summed E-state index contributed by atoms with van der Waals surface area (Å²) < 4.78 is 50.7. The van der Waals surface area contributed by atoms with Crippen molar-refractivity contribution in [1.29, 1.82) is 0 Å². The molecule has 37 heavy (non-hydrogen) atoms. The van der Waals surface area contributed by atoms with Crippen LogP contribution in [0.5, 0.6) is 5.75 Å². The summed E-state index contributed by atoms with van der Waals surface area (Å²) in [6.07, 6.45) is -1.91. The number of carbonyl (C=O) groups excluding carboxylic acids is 2. The van der Waals surface area contributed by atoms with Crippen molar-refractivity contribution in [3.63, 3.8) is 0 Å². The van der Waals surface area contributed by atoms with E-state index in [-0.39, 0.29) is 11.6 Å². The molecule has 0 aliphatic carbocycles. The maximum absolute atomic E-state index is 15.9. The van der Waals surface area contributed by atoms with Crippen LogP contribution in [-0.4, -0.2) is 69.5 Å². The second kappa shape index (κ2) is 10.9. The first-order valence-corrected chi connectivity index (χ1v) is 12.9. The summed E-state index contributed by atoms with van der Waals surface area (Å²) >= 11 is 0. The zero-order chi connectivity index (χ0) is 27.6. The van der Waals surface area contributed by atoms with Crippen LogP contribution in [0.4, 0.5) is 4.39 Å². The molecule has 14 heteroatoms. The molecule has 0 bridgehead atoms. The Morgan fingerprint density at radius 2 is 2.00 bits per heavy atom. The monoisotopic (exact) mass is 543 g/mol. The number of alkyl halides is 1. The lowest BCUT2D eigenvalue weighted by Crippen LogP contribution is -2.54. The van der Waals surface area contributed by atoms with E-state index in [1.807, 2.05) is 0 Å². The first kappa shape index (κ1) is 28.8. The Bertz CT molecular complexity index is 1100. The number of ether oxygens (including phenoxy) is 2. The fourth-order valence-corrected chi connectivity index (χ4v) is 5.11. The molecule has 1 amide bonds. The van der Waals surface area contributed by atoms with Crippen LogP contribution >= 0.6 is 7.75 Å². The molecular weight excluding hydrogens is 512 g/mol. The Labute approximate surface area is 213 Å². The van der Waals surface area contributed by atoms with E-state index in [9.17, 15) is 24.4 Å². The lowest BCUT2D eigenvalue weighted by atomic mass is 9.95. The molecule has 1 aromatic rings. The number of hydrogen-bond donors (Lipinski definition) is 4. The third-order valence-electron chi connectivity index (χ3n) is 5.45. The number of rotatable bonds is 10. The number of carbonyl (C=O) groups is 2. The highest BCUT2D eigenvalue weighted by molar-refractivity contribution is 7.52. The molecule has 2 heterocycles. The topological polar surface area (TPSA) is 156 Å². The van der Waals surface area contributed by atoms with Gasteiger partial charge < -0.3 is 34.4 Å². The minimum atomic E-state index is -4.50. The predicted molar refractivity (Wildman–Crippen MR) is 128 cm³/mol. The van der Waals surface area contributed by atoms with Crippen molar-refractivity contribution in [1.82, 2.24) is 15.3 Å². The smallest absolute Gasteiger partial charge is 0.459 e. The van der Waals surface area contributed by atoms with E-state index in [4.69, 9.17) is 18.5 Å². The van der Waals surface area contributed by atoms with Crippen molar-refractivity contribution in [2.45, 2.75) is 63.6 Å². The number of halogens is 1. The second-order valence-electron chi connectivity index (χ2n) is 9.06. The van der Waals surface area contributed by atoms with Crippen molar-refractivity contribution < 1.29 is 47.3 Å². The zero-order valence-electron chi connectivity index (χ0n) is 20.8. The minimum absolute atomic E-state index is 0.0348. The van der Waals surface area contributed by atoms with Crippen LogP contribution in [0.15, 0.2) is 55.0 Å². The number of esters is 1. The Balaban J connectivity index is 1.82. The highest BCUT2D eigenvalue weighted by Gasteiger charge is 2.64. The molecule has 1 saturated heterocycles. The van der Waals surface area contributed by atoms with E-state index in [2.05, 4.69) is 17.0 Å². The maximum atomic E-state index is 15.9. The first-order valence-electron chi connectivity index (χ1n) is 11.4. The van der Waals surface area contributed by atoms with Crippen molar-refractivity contribution in [3.8, 4) is 5.75 Å². The molecule has 0 radical (unpaired) electrons. The second-order valence-corrected chi connectivity index (χ2v) is 10.7. The molecule has 0 spiro atoms. The molecule has 0 aromatic heterocycles. The molecule has 2 unspecified atom stereocenters. The fourth-order valence-electron chi connectivity index (χ4n) is 3.61. The Morgan fingerprint density at radius 3 is 2.59 bits per heavy atom. The molecule has 1 fully saturated rings. The van der Waals surface area contributed by atoms with E-state index < -0.39 is 62.2 Å². The quantitative estimate of drug-likeness (QED) is 0.252. The lowest BCUT2D eigenvalue weighted by molar-refractivity contribution is -0.206. The maximum Gasteiger partial charge on any atom is 0.459 e. The molecule has 1 aromatic carbocycles. The fraction of sp³-hybridized carbons (Fsp3) is 0.478. The zero-order valence-corrected chi connectivity index (χ0v) is 21.7. The van der Waals surface area contributed by atoms with Crippen LogP contribution in [0.25, 0.3) is 0 Å². The molecule has 2 aliphatic rings. The average Bonchev–Trinajstić information content (AvgIpc) is 2.98. The average molecular weight is 543 g/mol. The number of amides is 1. The summed E-state index contributed by atoms with van der Waals surface area (Å²) in [6, 6.07) is 6.60. The van der Waals surface area contributed by atoms with Gasteiger partial charge in [0.25, 0.3) is 11.8 Å². The molecule has 0 saturated carbocycles. The van der Waals surface area contributed by atoms with Gasteiger partial charge in [-0.2, -0.15) is 5.09 Å². The van der Waals surface area contributed by atoms with Gasteiger partial charge >= 0.3 is 13.7 Å². The first-order chi connectivity index (χ1) is 17.2. The van der Waals surface area contributed by atoms with Gasteiger partial charge in [-0.15, -0.1) is 0 Å². The standard InChI is InChI=1S/C23H31FN3O9P/c1-14(2)34-19(29)15(3)26-37(32,36-17-9-7-6-8-10-17)33-13-23(24)20(30)22(5,31)21(35-23)27-12-11-18(28)25-16(27)4/h6-12,14-15,20-21,30-31H,4,13H2,1-3,5H3,(H,25,28)(H,26,32)/t15?,20-,21+,22+,23+,37?/m0/s1.